The van der Waals surface area contributed by atoms with Gasteiger partial charge in [-0.2, -0.15) is 0 Å². The zero-order chi connectivity index (χ0) is 24.6. The van der Waals surface area contributed by atoms with E-state index < -0.39 is 11.4 Å². The number of carboxylic acid groups (broad SMARTS) is 1. The predicted molar refractivity (Wildman–Crippen MR) is 125 cm³/mol. The lowest BCUT2D eigenvalue weighted by molar-refractivity contribution is -0.138. The monoisotopic (exact) mass is 456 g/mol. The highest BCUT2D eigenvalue weighted by Crippen LogP contribution is 2.33. The molecule has 2 aromatic carbocycles. The molecule has 7 nitrogen and oxygen atoms in total. The van der Waals surface area contributed by atoms with Crippen molar-refractivity contribution < 1.29 is 34.1 Å². The van der Waals surface area contributed by atoms with E-state index in [1.165, 1.54) is 6.92 Å². The highest BCUT2D eigenvalue weighted by atomic mass is 16.5. The summed E-state index contributed by atoms with van der Waals surface area (Å²) in [4.78, 5) is 35.2. The summed E-state index contributed by atoms with van der Waals surface area (Å²) in [5.74, 6) is -0.291. The van der Waals surface area contributed by atoms with Gasteiger partial charge >= 0.3 is 5.97 Å². The van der Waals surface area contributed by atoms with Crippen LogP contribution in [0.5, 0.6) is 17.2 Å². The van der Waals surface area contributed by atoms with E-state index >= 15 is 0 Å². The Hall–Kier alpha value is -3.35. The first-order chi connectivity index (χ1) is 15.6. The average molecular weight is 457 g/mol. The van der Waals surface area contributed by atoms with Gasteiger partial charge in [0.25, 0.3) is 0 Å². The summed E-state index contributed by atoms with van der Waals surface area (Å²) in [6.07, 6.45) is 1.76. The van der Waals surface area contributed by atoms with E-state index in [2.05, 4.69) is 0 Å². The van der Waals surface area contributed by atoms with Crippen LogP contribution in [-0.4, -0.2) is 41.0 Å². The lowest BCUT2D eigenvalue weighted by Crippen LogP contribution is -2.27. The molecule has 0 bridgehead atoms. The lowest BCUT2D eigenvalue weighted by atomic mass is 9.81. The summed E-state index contributed by atoms with van der Waals surface area (Å²) < 4.78 is 11.5. The van der Waals surface area contributed by atoms with Gasteiger partial charge in [-0.3, -0.25) is 14.4 Å². The molecule has 0 amide bonds. The van der Waals surface area contributed by atoms with Crippen LogP contribution >= 0.6 is 0 Å². The fraction of sp³-hybridized carbons (Fsp3) is 0.423. The van der Waals surface area contributed by atoms with Gasteiger partial charge in [-0.25, -0.2) is 0 Å². The van der Waals surface area contributed by atoms with Crippen molar-refractivity contribution in [1.82, 2.24) is 0 Å². The SMILES string of the molecule is CCCc1c(OCCCOc2ccc(C(=O)C(C)(C)CC(=O)O)cc2)ccc(C(C)=O)c1O. The van der Waals surface area contributed by atoms with Crippen LogP contribution in [0.3, 0.4) is 0 Å². The Labute approximate surface area is 194 Å². The first kappa shape index (κ1) is 25.9. The number of benzene rings is 2. The molecule has 0 saturated carbocycles. The fourth-order valence-electron chi connectivity index (χ4n) is 3.51. The summed E-state index contributed by atoms with van der Waals surface area (Å²) in [7, 11) is 0. The van der Waals surface area contributed by atoms with E-state index in [0.717, 1.165) is 6.42 Å². The third-order valence-corrected chi connectivity index (χ3v) is 5.26. The first-order valence-corrected chi connectivity index (χ1v) is 11.0. The molecule has 0 atom stereocenters. The van der Waals surface area contributed by atoms with E-state index in [-0.39, 0.29) is 23.7 Å². The van der Waals surface area contributed by atoms with Crippen LogP contribution in [0.1, 0.15) is 73.2 Å². The van der Waals surface area contributed by atoms with Crippen molar-refractivity contribution in [3.8, 4) is 17.2 Å². The van der Waals surface area contributed by atoms with E-state index in [4.69, 9.17) is 14.6 Å². The van der Waals surface area contributed by atoms with Crippen molar-refractivity contribution >= 4 is 17.5 Å². The predicted octanol–water partition coefficient (Wildman–Crippen LogP) is 5.08. The molecule has 0 spiro atoms. The summed E-state index contributed by atoms with van der Waals surface area (Å²) in [6, 6.07) is 9.92. The number of carboxylic acids is 1. The standard InChI is InChI=1S/C26H32O7/c1-5-7-21-22(13-12-20(17(2)27)24(21)30)33-15-6-14-32-19-10-8-18(9-11-19)25(31)26(3,4)16-23(28)29/h8-13,30H,5-7,14-16H2,1-4H3,(H,28,29). The minimum absolute atomic E-state index is 0.0146. The molecule has 33 heavy (non-hydrogen) atoms. The number of aliphatic carboxylic acids is 1. The van der Waals surface area contributed by atoms with Crippen LogP contribution in [0.2, 0.25) is 0 Å². The molecule has 0 fully saturated rings. The first-order valence-electron chi connectivity index (χ1n) is 11.0. The Balaban J connectivity index is 1.88. The van der Waals surface area contributed by atoms with Crippen LogP contribution in [-0.2, 0) is 11.2 Å². The maximum absolute atomic E-state index is 12.5. The second-order valence-electron chi connectivity index (χ2n) is 8.60. The van der Waals surface area contributed by atoms with Gasteiger partial charge in [-0.05, 0) is 49.7 Å². The Morgan fingerprint density at radius 1 is 0.970 bits per heavy atom. The Bertz CT molecular complexity index is 990. The van der Waals surface area contributed by atoms with E-state index in [1.807, 2.05) is 6.92 Å². The molecule has 2 aromatic rings. The number of ether oxygens (including phenoxy) is 2. The van der Waals surface area contributed by atoms with Gasteiger partial charge in [0.1, 0.15) is 17.2 Å². The normalized spacial score (nSPS) is 11.2. The van der Waals surface area contributed by atoms with Crippen molar-refractivity contribution in [2.24, 2.45) is 5.41 Å². The third-order valence-electron chi connectivity index (χ3n) is 5.26. The van der Waals surface area contributed by atoms with Gasteiger partial charge in [-0.1, -0.05) is 27.2 Å². The molecule has 0 radical (unpaired) electrons. The molecule has 2 N–H and O–H groups in total. The van der Waals surface area contributed by atoms with Crippen molar-refractivity contribution in [2.75, 3.05) is 13.2 Å². The number of aromatic hydroxyl groups is 1. The number of rotatable bonds is 13. The molecule has 0 saturated heterocycles. The van der Waals surface area contributed by atoms with Crippen molar-refractivity contribution in [3.63, 3.8) is 0 Å². The molecular weight excluding hydrogens is 424 g/mol. The van der Waals surface area contributed by atoms with Gasteiger partial charge in [0.15, 0.2) is 11.6 Å². The maximum Gasteiger partial charge on any atom is 0.304 e. The number of Topliss-reactive ketones (excluding diaryl/α,β-unsaturated/α-hetero) is 2. The van der Waals surface area contributed by atoms with Gasteiger partial charge in [0.2, 0.25) is 0 Å². The Morgan fingerprint density at radius 3 is 2.18 bits per heavy atom. The second kappa shape index (κ2) is 11.5. The number of carbonyl (C=O) groups is 3. The lowest BCUT2D eigenvalue weighted by Gasteiger charge is -2.20. The van der Waals surface area contributed by atoms with Crippen molar-refractivity contribution in [2.45, 2.75) is 53.4 Å². The fourth-order valence-corrected chi connectivity index (χ4v) is 3.51. The second-order valence-corrected chi connectivity index (χ2v) is 8.60. The zero-order valence-corrected chi connectivity index (χ0v) is 19.6. The number of hydrogen-bond donors (Lipinski definition) is 2. The molecular formula is C26H32O7. The summed E-state index contributed by atoms with van der Waals surface area (Å²) >= 11 is 0. The molecule has 0 aliphatic heterocycles. The minimum Gasteiger partial charge on any atom is -0.507 e. The van der Waals surface area contributed by atoms with Crippen molar-refractivity contribution in [3.05, 3.63) is 53.1 Å². The van der Waals surface area contributed by atoms with Crippen LogP contribution in [0, 0.1) is 5.41 Å². The van der Waals surface area contributed by atoms with Crippen LogP contribution in [0.25, 0.3) is 0 Å². The topological polar surface area (TPSA) is 110 Å². The minimum atomic E-state index is -1.01. The zero-order valence-electron chi connectivity index (χ0n) is 19.6. The molecule has 0 unspecified atom stereocenters. The summed E-state index contributed by atoms with van der Waals surface area (Å²) in [5.41, 5.74) is 0.382. The quantitative estimate of drug-likeness (QED) is 0.319. The van der Waals surface area contributed by atoms with E-state index in [9.17, 15) is 19.5 Å². The van der Waals surface area contributed by atoms with Crippen LogP contribution in [0.4, 0.5) is 0 Å². The average Bonchev–Trinajstić information content (AvgIpc) is 2.74. The van der Waals surface area contributed by atoms with E-state index in [1.54, 1.807) is 50.2 Å². The molecule has 0 heterocycles. The number of hydrogen-bond acceptors (Lipinski definition) is 6. The third kappa shape index (κ3) is 7.07. The van der Waals surface area contributed by atoms with Crippen LogP contribution in [0.15, 0.2) is 36.4 Å². The number of ketones is 2. The molecule has 0 aromatic heterocycles. The number of carbonyl (C=O) groups excluding carboxylic acids is 2. The smallest absolute Gasteiger partial charge is 0.304 e. The summed E-state index contributed by atoms with van der Waals surface area (Å²) in [6.45, 7) is 7.40. The molecule has 2 rings (SSSR count). The van der Waals surface area contributed by atoms with Crippen LogP contribution < -0.4 is 9.47 Å². The van der Waals surface area contributed by atoms with Gasteiger partial charge in [0, 0.05) is 23.0 Å². The van der Waals surface area contributed by atoms with Crippen molar-refractivity contribution in [1.29, 1.82) is 0 Å². The molecule has 0 aliphatic rings. The van der Waals surface area contributed by atoms with Gasteiger partial charge < -0.3 is 19.7 Å². The Morgan fingerprint density at radius 2 is 1.61 bits per heavy atom. The van der Waals surface area contributed by atoms with Gasteiger partial charge in [-0.15, -0.1) is 0 Å². The Kier molecular flexibility index (Phi) is 9.02. The number of phenolic OH excluding ortho intramolecular Hbond substituents is 1. The number of phenols is 1. The molecule has 0 aliphatic carbocycles. The van der Waals surface area contributed by atoms with Gasteiger partial charge in [0.05, 0.1) is 25.2 Å². The largest absolute Gasteiger partial charge is 0.507 e. The highest BCUT2D eigenvalue weighted by Gasteiger charge is 2.31. The molecule has 7 heteroatoms. The highest BCUT2D eigenvalue weighted by molar-refractivity contribution is 6.01. The van der Waals surface area contributed by atoms with E-state index in [0.29, 0.717) is 54.2 Å². The molecule has 178 valence electrons. The summed E-state index contributed by atoms with van der Waals surface area (Å²) in [5, 5.41) is 19.4. The maximum atomic E-state index is 12.5.